The van der Waals surface area contributed by atoms with Crippen LogP contribution in [0.1, 0.15) is 5.56 Å². The molecule has 10 heavy (non-hydrogen) atoms. The summed E-state index contributed by atoms with van der Waals surface area (Å²) in [6.07, 6.45) is 0. The lowest BCUT2D eigenvalue weighted by Gasteiger charge is -1.99. The molecule has 0 fully saturated rings. The van der Waals surface area contributed by atoms with Gasteiger partial charge in [-0.3, -0.25) is 0 Å². The van der Waals surface area contributed by atoms with Gasteiger partial charge in [0.15, 0.2) is 0 Å². The molecule has 0 amide bonds. The van der Waals surface area contributed by atoms with Crippen LogP contribution in [0.3, 0.4) is 0 Å². The first-order chi connectivity index (χ1) is 4.72. The molecule has 0 aromatic heterocycles. The number of thiol groups is 1. The van der Waals surface area contributed by atoms with Crippen molar-refractivity contribution in [2.24, 2.45) is 0 Å². The summed E-state index contributed by atoms with van der Waals surface area (Å²) in [6, 6.07) is 5.90. The molecule has 1 aromatic carbocycles. The second-order valence-electron chi connectivity index (χ2n) is 2.17. The van der Waals surface area contributed by atoms with Crippen LogP contribution in [0.2, 0.25) is 0 Å². The Hall–Kier alpha value is -0.0151. The van der Waals surface area contributed by atoms with Crippen LogP contribution in [-0.2, 0) is 0 Å². The minimum absolute atomic E-state index is 0.802. The summed E-state index contributed by atoms with van der Waals surface area (Å²) < 4.78 is 0. The summed E-state index contributed by atoms with van der Waals surface area (Å²) in [5.41, 5.74) is 1.98. The van der Waals surface area contributed by atoms with Gasteiger partial charge < -0.3 is 0 Å². The third-order valence-electron chi connectivity index (χ3n) is 1.18. The van der Waals surface area contributed by atoms with Crippen molar-refractivity contribution in [2.75, 3.05) is 0 Å². The third-order valence-corrected chi connectivity index (χ3v) is 2.26. The van der Waals surface area contributed by atoms with Gasteiger partial charge in [-0.2, -0.15) is 0 Å². The molecular weight excluding hydrogens is 159 g/mol. The molecule has 0 aliphatic carbocycles. The second-order valence-corrected chi connectivity index (χ2v) is 3.37. The van der Waals surface area contributed by atoms with Crippen LogP contribution in [0.5, 0.6) is 0 Å². The van der Waals surface area contributed by atoms with Crippen molar-refractivity contribution in [3.05, 3.63) is 23.8 Å². The van der Waals surface area contributed by atoms with Crippen LogP contribution >= 0.6 is 22.5 Å². The predicted octanol–water partition coefficient (Wildman–Crippen LogP) is 1.73. The molecule has 0 spiro atoms. The van der Waals surface area contributed by atoms with Gasteiger partial charge in [0.05, 0.1) is 0 Å². The lowest BCUT2D eigenvalue weighted by Crippen LogP contribution is -2.01. The molecule has 0 aliphatic rings. The van der Waals surface area contributed by atoms with Gasteiger partial charge in [-0.05, 0) is 13.0 Å². The number of hydrogen-bond donors (Lipinski definition) is 1. The molecule has 0 heterocycles. The molecule has 1 rings (SSSR count). The van der Waals surface area contributed by atoms with Gasteiger partial charge in [-0.1, -0.05) is 34.0 Å². The van der Waals surface area contributed by atoms with Gasteiger partial charge in [0.1, 0.15) is 7.85 Å². The zero-order valence-electron chi connectivity index (χ0n) is 5.66. The van der Waals surface area contributed by atoms with E-state index in [1.165, 1.54) is 16.4 Å². The van der Waals surface area contributed by atoms with Crippen molar-refractivity contribution in [1.82, 2.24) is 0 Å². The summed E-state index contributed by atoms with van der Waals surface area (Å²) in [7, 11) is 7.00. The van der Waals surface area contributed by atoms with E-state index in [0.717, 1.165) is 10.4 Å². The monoisotopic (exact) mass is 166 g/mol. The van der Waals surface area contributed by atoms with Crippen LogP contribution in [0.25, 0.3) is 0 Å². The Labute approximate surface area is 71.6 Å². The van der Waals surface area contributed by atoms with E-state index in [1.54, 1.807) is 0 Å². The van der Waals surface area contributed by atoms with Gasteiger partial charge >= 0.3 is 0 Å². The molecular formula is C7H7BS2. The Kier molecular flexibility index (Phi) is 2.75. The third kappa shape index (κ3) is 1.99. The molecule has 50 valence electrons. The van der Waals surface area contributed by atoms with E-state index in [2.05, 4.69) is 11.7 Å². The van der Waals surface area contributed by atoms with Gasteiger partial charge in [0.2, 0.25) is 0 Å². The number of rotatable bonds is 1. The normalized spacial score (nSPS) is 9.80. The van der Waals surface area contributed by atoms with Crippen molar-refractivity contribution < 1.29 is 0 Å². The molecule has 0 aliphatic heterocycles. The van der Waals surface area contributed by atoms with E-state index in [-0.39, 0.29) is 0 Å². The Morgan fingerprint density at radius 3 is 2.60 bits per heavy atom. The van der Waals surface area contributed by atoms with Gasteiger partial charge in [-0.15, -0.1) is 11.7 Å². The molecule has 1 aromatic rings. The molecule has 2 radical (unpaired) electrons. The number of aryl methyl sites for hydroxylation is 1. The zero-order valence-corrected chi connectivity index (χ0v) is 7.38. The van der Waals surface area contributed by atoms with Gasteiger partial charge in [0, 0.05) is 4.90 Å². The molecule has 3 heteroatoms. The van der Waals surface area contributed by atoms with Crippen LogP contribution in [0, 0.1) is 6.92 Å². The summed E-state index contributed by atoms with van der Waals surface area (Å²) in [5, 5.41) is 0. The van der Waals surface area contributed by atoms with E-state index in [0.29, 0.717) is 0 Å². The van der Waals surface area contributed by atoms with Crippen LogP contribution in [0.4, 0.5) is 0 Å². The van der Waals surface area contributed by atoms with Crippen molar-refractivity contribution in [2.45, 2.75) is 11.8 Å². The zero-order chi connectivity index (χ0) is 7.56. The standard InChI is InChI=1S/C7H7BS2/c1-5-2-6(8)4-7(3-5)10-9/h2-4,9H,1H3. The average molecular weight is 166 g/mol. The lowest BCUT2D eigenvalue weighted by molar-refractivity contribution is 1.39. The highest BCUT2D eigenvalue weighted by Gasteiger charge is 1.92. The van der Waals surface area contributed by atoms with E-state index in [4.69, 9.17) is 7.85 Å². The van der Waals surface area contributed by atoms with Crippen molar-refractivity contribution in [3.63, 3.8) is 0 Å². The van der Waals surface area contributed by atoms with E-state index in [1.807, 2.05) is 25.1 Å². The highest BCUT2D eigenvalue weighted by atomic mass is 33.1. The summed E-state index contributed by atoms with van der Waals surface area (Å²) in [5.74, 6) is 0. The van der Waals surface area contributed by atoms with E-state index >= 15 is 0 Å². The number of hydrogen-bond acceptors (Lipinski definition) is 2. The maximum absolute atomic E-state index is 5.59. The first kappa shape index (κ1) is 8.09. The van der Waals surface area contributed by atoms with Crippen LogP contribution in [0.15, 0.2) is 23.1 Å². The van der Waals surface area contributed by atoms with Crippen LogP contribution in [-0.4, -0.2) is 7.85 Å². The Bertz CT molecular complexity index is 215. The second kappa shape index (κ2) is 3.40. The largest absolute Gasteiger partial charge is 0.113 e. The summed E-state index contributed by atoms with van der Waals surface area (Å²) in [4.78, 5) is 1.10. The fourth-order valence-corrected chi connectivity index (χ4v) is 1.57. The Morgan fingerprint density at radius 2 is 2.10 bits per heavy atom. The van der Waals surface area contributed by atoms with Gasteiger partial charge in [-0.25, -0.2) is 0 Å². The fraction of sp³-hybridized carbons (Fsp3) is 0.143. The minimum atomic E-state index is 0.802. The van der Waals surface area contributed by atoms with Crippen molar-refractivity contribution in [1.29, 1.82) is 0 Å². The molecule has 0 saturated carbocycles. The maximum Gasteiger partial charge on any atom is 0.113 e. The lowest BCUT2D eigenvalue weighted by atomic mass is 9.95. The molecule has 0 unspecified atom stereocenters. The average Bonchev–Trinajstić information content (AvgIpc) is 1.85. The SMILES string of the molecule is [B]c1cc(C)cc(SS)c1. The molecule has 0 saturated heterocycles. The quantitative estimate of drug-likeness (QED) is 0.376. The molecule has 0 nitrogen and oxygen atoms in total. The minimum Gasteiger partial charge on any atom is -0.106 e. The summed E-state index contributed by atoms with van der Waals surface area (Å²) in [6.45, 7) is 2.02. The highest BCUT2D eigenvalue weighted by Crippen LogP contribution is 2.20. The van der Waals surface area contributed by atoms with Crippen LogP contribution < -0.4 is 5.46 Å². The Balaban J connectivity index is 3.06. The maximum atomic E-state index is 5.59. The smallest absolute Gasteiger partial charge is 0.106 e. The fourth-order valence-electron chi connectivity index (χ4n) is 0.829. The first-order valence-electron chi connectivity index (χ1n) is 2.91. The topological polar surface area (TPSA) is 0 Å². The van der Waals surface area contributed by atoms with Crippen molar-refractivity contribution in [3.8, 4) is 0 Å². The highest BCUT2D eigenvalue weighted by molar-refractivity contribution is 8.68. The summed E-state index contributed by atoms with van der Waals surface area (Å²) >= 11 is 4.07. The Morgan fingerprint density at radius 1 is 1.40 bits per heavy atom. The van der Waals surface area contributed by atoms with E-state index in [9.17, 15) is 0 Å². The predicted molar refractivity (Wildman–Crippen MR) is 51.4 cm³/mol. The number of benzene rings is 1. The first-order valence-corrected chi connectivity index (χ1v) is 4.78. The van der Waals surface area contributed by atoms with Crippen molar-refractivity contribution >= 4 is 35.8 Å². The van der Waals surface area contributed by atoms with Gasteiger partial charge in [0.25, 0.3) is 0 Å². The molecule has 0 N–H and O–H groups in total. The molecule has 0 atom stereocenters. The molecule has 0 bridgehead atoms. The van der Waals surface area contributed by atoms with E-state index < -0.39 is 0 Å².